The SMILES string of the molecule is CCOC(=O)c1nnc(-c2ccccc2F)nc1C(=O)c1ccccc1. The average molecular weight is 351 g/mol. The van der Waals surface area contributed by atoms with Crippen LogP contribution in [-0.4, -0.2) is 33.5 Å². The quantitative estimate of drug-likeness (QED) is 0.519. The van der Waals surface area contributed by atoms with Gasteiger partial charge in [0.05, 0.1) is 12.2 Å². The molecule has 26 heavy (non-hydrogen) atoms. The van der Waals surface area contributed by atoms with Crippen LogP contribution in [0.5, 0.6) is 0 Å². The lowest BCUT2D eigenvalue weighted by molar-refractivity contribution is 0.0514. The summed E-state index contributed by atoms with van der Waals surface area (Å²) in [7, 11) is 0. The molecule has 0 N–H and O–H groups in total. The molecule has 0 unspecified atom stereocenters. The predicted molar refractivity (Wildman–Crippen MR) is 91.1 cm³/mol. The molecule has 0 saturated carbocycles. The maximum atomic E-state index is 14.0. The standard InChI is InChI=1S/C19H14FN3O3/c1-2-26-19(25)16-15(17(24)12-8-4-3-5-9-12)21-18(23-22-16)13-10-6-7-11-14(13)20/h3-11H,2H2,1H3. The number of aromatic nitrogens is 3. The minimum absolute atomic E-state index is 0.0810. The summed E-state index contributed by atoms with van der Waals surface area (Å²) in [4.78, 5) is 29.1. The molecule has 0 amide bonds. The van der Waals surface area contributed by atoms with E-state index in [-0.39, 0.29) is 29.4 Å². The Morgan fingerprint density at radius 2 is 1.65 bits per heavy atom. The number of hydrogen-bond acceptors (Lipinski definition) is 6. The lowest BCUT2D eigenvalue weighted by atomic mass is 10.1. The van der Waals surface area contributed by atoms with Gasteiger partial charge in [0.2, 0.25) is 11.5 Å². The first-order valence-electron chi connectivity index (χ1n) is 7.88. The van der Waals surface area contributed by atoms with Gasteiger partial charge in [0, 0.05) is 5.56 Å². The topological polar surface area (TPSA) is 82.0 Å². The van der Waals surface area contributed by atoms with Crippen molar-refractivity contribution in [2.75, 3.05) is 6.61 Å². The third-order valence-corrected chi connectivity index (χ3v) is 3.52. The van der Waals surface area contributed by atoms with Crippen molar-refractivity contribution >= 4 is 11.8 Å². The van der Waals surface area contributed by atoms with Gasteiger partial charge in [0.25, 0.3) is 0 Å². The smallest absolute Gasteiger partial charge is 0.361 e. The van der Waals surface area contributed by atoms with E-state index in [0.29, 0.717) is 5.56 Å². The summed E-state index contributed by atoms with van der Waals surface area (Å²) >= 11 is 0. The van der Waals surface area contributed by atoms with Crippen molar-refractivity contribution < 1.29 is 18.7 Å². The van der Waals surface area contributed by atoms with Gasteiger partial charge in [-0.05, 0) is 19.1 Å². The van der Waals surface area contributed by atoms with Crippen LogP contribution in [0.4, 0.5) is 4.39 Å². The molecule has 6 nitrogen and oxygen atoms in total. The fraction of sp³-hybridized carbons (Fsp3) is 0.105. The Balaban J connectivity index is 2.14. The van der Waals surface area contributed by atoms with Gasteiger partial charge in [0.1, 0.15) is 11.5 Å². The van der Waals surface area contributed by atoms with Crippen LogP contribution >= 0.6 is 0 Å². The molecule has 2 aromatic carbocycles. The molecule has 0 atom stereocenters. The number of ketones is 1. The highest BCUT2D eigenvalue weighted by Crippen LogP contribution is 2.20. The molecule has 0 fully saturated rings. The molecule has 1 heterocycles. The molecule has 0 bridgehead atoms. The number of nitrogens with zero attached hydrogens (tertiary/aromatic N) is 3. The number of benzene rings is 2. The fourth-order valence-electron chi connectivity index (χ4n) is 2.30. The Bertz CT molecular complexity index is 961. The van der Waals surface area contributed by atoms with Crippen molar-refractivity contribution in [1.29, 1.82) is 0 Å². The van der Waals surface area contributed by atoms with Gasteiger partial charge in [-0.2, -0.15) is 0 Å². The first-order valence-corrected chi connectivity index (χ1v) is 7.88. The zero-order valence-corrected chi connectivity index (χ0v) is 13.8. The van der Waals surface area contributed by atoms with Crippen LogP contribution in [0.3, 0.4) is 0 Å². The minimum Gasteiger partial charge on any atom is -0.461 e. The molecule has 0 aliphatic rings. The van der Waals surface area contributed by atoms with Crippen molar-refractivity contribution in [2.24, 2.45) is 0 Å². The highest BCUT2D eigenvalue weighted by Gasteiger charge is 2.25. The van der Waals surface area contributed by atoms with Crippen molar-refractivity contribution in [2.45, 2.75) is 6.92 Å². The summed E-state index contributed by atoms with van der Waals surface area (Å²) in [6.45, 7) is 1.74. The first kappa shape index (κ1) is 17.3. The zero-order valence-electron chi connectivity index (χ0n) is 13.8. The molecule has 1 aromatic heterocycles. The zero-order chi connectivity index (χ0) is 18.5. The monoisotopic (exact) mass is 351 g/mol. The maximum Gasteiger partial charge on any atom is 0.361 e. The normalized spacial score (nSPS) is 10.4. The largest absolute Gasteiger partial charge is 0.461 e. The second-order valence-corrected chi connectivity index (χ2v) is 5.23. The fourth-order valence-corrected chi connectivity index (χ4v) is 2.30. The van der Waals surface area contributed by atoms with Crippen LogP contribution < -0.4 is 0 Å². The molecular weight excluding hydrogens is 337 g/mol. The van der Waals surface area contributed by atoms with Gasteiger partial charge in [0.15, 0.2) is 5.82 Å². The van der Waals surface area contributed by atoms with Gasteiger partial charge in [-0.25, -0.2) is 14.2 Å². The maximum absolute atomic E-state index is 14.0. The molecule has 0 aliphatic heterocycles. The second kappa shape index (κ2) is 7.60. The lowest BCUT2D eigenvalue weighted by Gasteiger charge is -2.08. The van der Waals surface area contributed by atoms with E-state index in [9.17, 15) is 14.0 Å². The Hall–Kier alpha value is -3.48. The molecule has 0 radical (unpaired) electrons. The van der Waals surface area contributed by atoms with E-state index in [0.717, 1.165) is 0 Å². The third-order valence-electron chi connectivity index (χ3n) is 3.52. The summed E-state index contributed by atoms with van der Waals surface area (Å²) in [6.07, 6.45) is 0. The third kappa shape index (κ3) is 3.46. The molecular formula is C19H14FN3O3. The Morgan fingerprint density at radius 1 is 0.962 bits per heavy atom. The van der Waals surface area contributed by atoms with Crippen molar-refractivity contribution in [3.8, 4) is 11.4 Å². The van der Waals surface area contributed by atoms with E-state index in [2.05, 4.69) is 15.2 Å². The Labute approximate surface area is 148 Å². The summed E-state index contributed by atoms with van der Waals surface area (Å²) < 4.78 is 18.9. The van der Waals surface area contributed by atoms with E-state index in [1.807, 2.05) is 0 Å². The van der Waals surface area contributed by atoms with Crippen LogP contribution in [0, 0.1) is 5.82 Å². The summed E-state index contributed by atoms with van der Waals surface area (Å²) in [6, 6.07) is 14.1. The van der Waals surface area contributed by atoms with Crippen molar-refractivity contribution in [3.05, 3.63) is 77.4 Å². The predicted octanol–water partition coefficient (Wildman–Crippen LogP) is 3.09. The van der Waals surface area contributed by atoms with E-state index >= 15 is 0 Å². The number of halogens is 1. The van der Waals surface area contributed by atoms with Crippen LogP contribution in [0.15, 0.2) is 54.6 Å². The number of hydrogen-bond donors (Lipinski definition) is 0. The highest BCUT2D eigenvalue weighted by molar-refractivity contribution is 6.12. The summed E-state index contributed by atoms with van der Waals surface area (Å²) in [5.74, 6) is -1.99. The number of carbonyl (C=O) groups excluding carboxylic acids is 2. The van der Waals surface area contributed by atoms with Gasteiger partial charge >= 0.3 is 5.97 Å². The Kier molecular flexibility index (Phi) is 5.07. The van der Waals surface area contributed by atoms with Crippen molar-refractivity contribution in [3.63, 3.8) is 0 Å². The minimum atomic E-state index is -0.813. The van der Waals surface area contributed by atoms with E-state index in [4.69, 9.17) is 4.74 Å². The summed E-state index contributed by atoms with van der Waals surface area (Å²) in [5.41, 5.74) is -0.140. The van der Waals surface area contributed by atoms with Gasteiger partial charge < -0.3 is 4.74 Å². The average Bonchev–Trinajstić information content (AvgIpc) is 2.68. The number of ether oxygens (including phenoxy) is 1. The molecule has 3 aromatic rings. The van der Waals surface area contributed by atoms with E-state index in [1.54, 1.807) is 43.3 Å². The van der Waals surface area contributed by atoms with Crippen molar-refractivity contribution in [1.82, 2.24) is 15.2 Å². The van der Waals surface area contributed by atoms with E-state index in [1.165, 1.54) is 18.2 Å². The van der Waals surface area contributed by atoms with Gasteiger partial charge in [-0.1, -0.05) is 42.5 Å². The lowest BCUT2D eigenvalue weighted by Crippen LogP contribution is -2.18. The number of carbonyl (C=O) groups is 2. The second-order valence-electron chi connectivity index (χ2n) is 5.23. The van der Waals surface area contributed by atoms with E-state index < -0.39 is 17.6 Å². The molecule has 130 valence electrons. The van der Waals surface area contributed by atoms with Crippen LogP contribution in [-0.2, 0) is 4.74 Å². The molecule has 3 rings (SSSR count). The van der Waals surface area contributed by atoms with Crippen LogP contribution in [0.25, 0.3) is 11.4 Å². The van der Waals surface area contributed by atoms with Gasteiger partial charge in [-0.15, -0.1) is 10.2 Å². The van der Waals surface area contributed by atoms with Crippen LogP contribution in [0.1, 0.15) is 33.5 Å². The van der Waals surface area contributed by atoms with Crippen LogP contribution in [0.2, 0.25) is 0 Å². The first-order chi connectivity index (χ1) is 12.6. The molecule has 7 heteroatoms. The number of rotatable bonds is 5. The van der Waals surface area contributed by atoms with Gasteiger partial charge in [-0.3, -0.25) is 4.79 Å². The Morgan fingerprint density at radius 3 is 2.35 bits per heavy atom. The highest BCUT2D eigenvalue weighted by atomic mass is 19.1. The number of esters is 1. The molecule has 0 aliphatic carbocycles. The molecule has 0 saturated heterocycles. The molecule has 0 spiro atoms. The summed E-state index contributed by atoms with van der Waals surface area (Å²) in [5, 5.41) is 7.58.